The fourth-order valence-electron chi connectivity index (χ4n) is 13.2. The summed E-state index contributed by atoms with van der Waals surface area (Å²) >= 11 is 3.10. The SMILES string of the molecule is CN[C@H]1CCCCC(=O)N[C@H]2C[C@@H](C=O)N(C2)C(=O)[C@H](Cc2c[nH]c3ccc(F)cc23)NC(=O)C(Cc2c[nH]c3ccc(F)cc23)N(C)C(=O)CN(C)C(=O)[C@H](CCCN)NC(=O)CCSCc2cccc(c2)CCSCNC(=O)C2CCCN2C(=O)[C@H](Cc2ccc(OC)cc2)NC1=O. The summed E-state index contributed by atoms with van der Waals surface area (Å²) in [4.78, 5) is 154. The minimum Gasteiger partial charge on any atom is -0.497 e. The smallest absolute Gasteiger partial charge is 0.246 e. The Kier molecular flexibility index (Phi) is 27.5. The summed E-state index contributed by atoms with van der Waals surface area (Å²) in [5.74, 6) is -3.21. The molecule has 10 N–H and O–H groups in total. The van der Waals surface area contributed by atoms with E-state index in [1.54, 1.807) is 67.1 Å². The van der Waals surface area contributed by atoms with Crippen LogP contribution >= 0.6 is 23.5 Å². The molecule has 0 spiro atoms. The van der Waals surface area contributed by atoms with Gasteiger partial charge in [-0.2, -0.15) is 11.8 Å². The number of fused-ring (bicyclic) bond motifs is 7. The van der Waals surface area contributed by atoms with E-state index < -0.39 is 102 Å². The first-order valence-electron chi connectivity index (χ1n) is 34.0. The zero-order valence-electron chi connectivity index (χ0n) is 56.9. The van der Waals surface area contributed by atoms with Crippen LogP contribution in [0.4, 0.5) is 8.78 Å². The zero-order valence-corrected chi connectivity index (χ0v) is 58.6. The highest BCUT2D eigenvalue weighted by molar-refractivity contribution is 7.99. The van der Waals surface area contributed by atoms with Gasteiger partial charge in [0.2, 0.25) is 53.2 Å². The van der Waals surface area contributed by atoms with Crippen molar-refractivity contribution in [3.05, 3.63) is 137 Å². The molecule has 28 heteroatoms. The number of amides is 9. The highest BCUT2D eigenvalue weighted by Crippen LogP contribution is 2.28. The minimum absolute atomic E-state index is 0.0127. The number of benzene rings is 4. The Bertz CT molecular complexity index is 3880. The zero-order chi connectivity index (χ0) is 71.4. The lowest BCUT2D eigenvalue weighted by atomic mass is 10.00. The third-order valence-electron chi connectivity index (χ3n) is 18.8. The summed E-state index contributed by atoms with van der Waals surface area (Å²) < 4.78 is 35.2. The molecule has 9 amide bonds. The molecule has 5 heterocycles. The van der Waals surface area contributed by atoms with E-state index in [0.717, 1.165) is 26.5 Å². The van der Waals surface area contributed by atoms with Crippen molar-refractivity contribution in [2.45, 2.75) is 144 Å². The van der Waals surface area contributed by atoms with Gasteiger partial charge in [0, 0.05) is 111 Å². The highest BCUT2D eigenvalue weighted by Gasteiger charge is 2.42. The Balaban J connectivity index is 0.959. The summed E-state index contributed by atoms with van der Waals surface area (Å²) in [6, 6.07) is 15.1. The van der Waals surface area contributed by atoms with Crippen LogP contribution in [-0.4, -0.2) is 209 Å². The standard InChI is InChI=1S/C72H91F2N13O11S2/c1-76-58-12-5-6-15-64(89)80-51-36-52(41-88)87(39-51)72(97)61(32-47-37-77-56-22-18-49(73)34-54(47)56)83-69(94)63(33-48-38-78-57-23-19-50(74)35-55(48)57)85(3)66(91)40-84(2)70(95)59(13-8-26-75)81-65(90)25-29-99-42-46-11-7-10-44(30-46)24-28-100-43-79-68(93)62-14-9-27-86(62)71(96)60(82-67(58)92)31-45-16-20-53(98-4)21-17-45/h7,10-11,16-23,30,34-35,37-38,41,51-52,58-63,76-78H,5-6,8-9,12-15,24-29,31-33,36,39-40,42-43,75H2,1-4H3,(H,79,93)(H,80,89)(H,81,90)(H,82,92)(H,83,94)/t51-,52-,58-,59-,60-,61-,62?,63?/m0/s1. The molecule has 0 saturated carbocycles. The normalized spacial score (nSPS) is 23.4. The third kappa shape index (κ3) is 20.2. The van der Waals surface area contributed by atoms with Crippen LogP contribution in [0.1, 0.15) is 92.0 Å². The number of H-pyrrole nitrogens is 2. The number of thioether (sulfide) groups is 2. The van der Waals surface area contributed by atoms with Crippen LogP contribution in [0.3, 0.4) is 0 Å². The molecule has 24 nitrogen and oxygen atoms in total. The van der Waals surface area contributed by atoms with Gasteiger partial charge in [0.1, 0.15) is 53.9 Å². The van der Waals surface area contributed by atoms with Crippen molar-refractivity contribution in [1.29, 1.82) is 0 Å². The Morgan fingerprint density at radius 2 is 1.33 bits per heavy atom. The molecule has 2 unspecified atom stereocenters. The molecule has 2 saturated heterocycles. The second kappa shape index (κ2) is 36.5. The molecule has 0 radical (unpaired) electrons. The number of nitrogens with one attached hydrogen (secondary N) is 8. The predicted octanol–water partition coefficient (Wildman–Crippen LogP) is 4.55. The molecule has 8 atom stereocenters. The quantitative estimate of drug-likeness (QED) is 0.0759. The van der Waals surface area contributed by atoms with Crippen LogP contribution in [0.5, 0.6) is 5.75 Å². The van der Waals surface area contributed by atoms with E-state index in [9.17, 15) is 47.1 Å². The number of aromatic amines is 2. The van der Waals surface area contributed by atoms with E-state index in [0.29, 0.717) is 113 Å². The van der Waals surface area contributed by atoms with Crippen LogP contribution < -0.4 is 42.4 Å². The number of ether oxygens (including phenoxy) is 1. The molecule has 100 heavy (non-hydrogen) atoms. The number of aromatic nitrogens is 2. The molecule has 4 bridgehead atoms. The second-order valence-electron chi connectivity index (χ2n) is 25.8. The van der Waals surface area contributed by atoms with Crippen LogP contribution in [0.2, 0.25) is 0 Å². The fraction of sp³-hybridized carbons (Fsp3) is 0.472. The van der Waals surface area contributed by atoms with Crippen LogP contribution in [0, 0.1) is 11.6 Å². The second-order valence-corrected chi connectivity index (χ2v) is 28.0. The lowest BCUT2D eigenvalue weighted by molar-refractivity contribution is -0.145. The minimum atomic E-state index is -1.47. The number of carbonyl (C=O) groups is 10. The van der Waals surface area contributed by atoms with Crippen molar-refractivity contribution in [3.63, 3.8) is 0 Å². The van der Waals surface area contributed by atoms with E-state index in [1.807, 2.05) is 30.3 Å². The van der Waals surface area contributed by atoms with Crippen molar-refractivity contribution in [1.82, 2.24) is 61.5 Å². The number of hydrogen-bond acceptors (Lipinski definition) is 15. The van der Waals surface area contributed by atoms with Gasteiger partial charge >= 0.3 is 0 Å². The molecule has 0 aliphatic carbocycles. The first-order chi connectivity index (χ1) is 48.2. The molecule has 536 valence electrons. The van der Waals surface area contributed by atoms with Gasteiger partial charge in [-0.15, -0.1) is 11.8 Å². The number of carbonyl (C=O) groups excluding carboxylic acids is 10. The van der Waals surface area contributed by atoms with Gasteiger partial charge < -0.3 is 76.7 Å². The average molecular weight is 1420 g/mol. The number of hydrogen-bond donors (Lipinski definition) is 9. The number of rotatable bonds is 12. The Morgan fingerprint density at radius 3 is 2.02 bits per heavy atom. The summed E-state index contributed by atoms with van der Waals surface area (Å²) in [5.41, 5.74) is 10.7. The van der Waals surface area contributed by atoms with Crippen molar-refractivity contribution in [2.75, 3.05) is 71.8 Å². The maximum absolute atomic E-state index is 15.3. The Labute approximate surface area is 588 Å². The van der Waals surface area contributed by atoms with Gasteiger partial charge in [0.15, 0.2) is 0 Å². The predicted molar refractivity (Wildman–Crippen MR) is 379 cm³/mol. The number of nitrogens with two attached hydrogens (primary N) is 1. The highest BCUT2D eigenvalue weighted by atomic mass is 32.2. The monoisotopic (exact) mass is 1420 g/mol. The first kappa shape index (κ1) is 75.3. The number of nitrogens with zero attached hydrogens (tertiary/aromatic N) is 4. The van der Waals surface area contributed by atoms with Crippen molar-refractivity contribution < 1.29 is 61.5 Å². The number of aldehydes is 1. The molecule has 6 aromatic rings. The molecule has 2 fully saturated rings. The van der Waals surface area contributed by atoms with Gasteiger partial charge in [0.05, 0.1) is 31.6 Å². The Morgan fingerprint density at radius 1 is 0.670 bits per heavy atom. The van der Waals surface area contributed by atoms with E-state index in [4.69, 9.17) is 10.5 Å². The van der Waals surface area contributed by atoms with Gasteiger partial charge in [0.25, 0.3) is 0 Å². The van der Waals surface area contributed by atoms with E-state index in [2.05, 4.69) is 47.9 Å². The van der Waals surface area contributed by atoms with Gasteiger partial charge in [-0.3, -0.25) is 43.2 Å². The summed E-state index contributed by atoms with van der Waals surface area (Å²) in [5, 5.41) is 18.6. The topological polar surface area (TPSA) is 323 Å². The number of methoxy groups -OCH3 is 1. The average Bonchev–Trinajstić information content (AvgIpc) is 1.63. The van der Waals surface area contributed by atoms with Crippen LogP contribution in [0.25, 0.3) is 21.8 Å². The fourth-order valence-corrected chi connectivity index (χ4v) is 14.9. The summed E-state index contributed by atoms with van der Waals surface area (Å²) in [6.45, 7) is -0.164. The molecule has 9 rings (SSSR count). The van der Waals surface area contributed by atoms with Gasteiger partial charge in [-0.25, -0.2) is 8.78 Å². The molecular formula is C72H91F2N13O11S2. The van der Waals surface area contributed by atoms with E-state index >= 15 is 9.59 Å². The number of halogens is 2. The molecule has 2 aromatic heterocycles. The summed E-state index contributed by atoms with van der Waals surface area (Å²) in [7, 11) is 5.94. The maximum atomic E-state index is 15.3. The Hall–Kier alpha value is -8.86. The number of likely N-dealkylation sites (N-methyl/N-ethyl adjacent to an activating group) is 3. The first-order valence-corrected chi connectivity index (χ1v) is 36.3. The van der Waals surface area contributed by atoms with Crippen molar-refractivity contribution in [2.24, 2.45) is 5.73 Å². The third-order valence-corrected chi connectivity index (χ3v) is 20.7. The summed E-state index contributed by atoms with van der Waals surface area (Å²) in [6.07, 6.45) is 6.83. The lowest BCUT2D eigenvalue weighted by Gasteiger charge is -2.32. The van der Waals surface area contributed by atoms with Gasteiger partial charge in [-0.05, 0) is 147 Å². The molecular weight excluding hydrogens is 1330 g/mol. The van der Waals surface area contributed by atoms with Crippen LogP contribution in [-0.2, 0) is 79.4 Å². The largest absolute Gasteiger partial charge is 0.497 e. The lowest BCUT2D eigenvalue weighted by Crippen LogP contribution is -2.58. The molecule has 3 aliphatic rings. The van der Waals surface area contributed by atoms with Crippen molar-refractivity contribution in [3.8, 4) is 5.75 Å². The van der Waals surface area contributed by atoms with E-state index in [-0.39, 0.29) is 82.2 Å². The van der Waals surface area contributed by atoms with Crippen LogP contribution in [0.15, 0.2) is 97.3 Å². The molecule has 3 aliphatic heterocycles. The number of aryl methyl sites for hydroxylation is 1. The maximum Gasteiger partial charge on any atom is 0.246 e. The van der Waals surface area contributed by atoms with Crippen molar-refractivity contribution >= 4 is 105 Å². The molecule has 4 aromatic carbocycles. The van der Waals surface area contributed by atoms with Gasteiger partial charge in [-0.1, -0.05) is 42.8 Å². The van der Waals surface area contributed by atoms with E-state index in [1.165, 1.54) is 55.4 Å².